The first-order chi connectivity index (χ1) is 10.3. The molecular formula is C18H25ClO3. The van der Waals surface area contributed by atoms with Crippen LogP contribution >= 0.6 is 11.6 Å². The monoisotopic (exact) mass is 324 g/mol. The van der Waals surface area contributed by atoms with Crippen LogP contribution in [0.5, 0.6) is 11.5 Å². The van der Waals surface area contributed by atoms with Crippen LogP contribution < -0.4 is 0 Å². The summed E-state index contributed by atoms with van der Waals surface area (Å²) in [6, 6.07) is 0. The van der Waals surface area contributed by atoms with Gasteiger partial charge in [0.25, 0.3) is 0 Å². The lowest BCUT2D eigenvalue weighted by atomic mass is 9.93. The van der Waals surface area contributed by atoms with Crippen LogP contribution in [0.15, 0.2) is 11.6 Å². The SMILES string of the molecule is CC(C)=CCCC(C)CCc1c(O)c(Cl)c(C)c(C=O)c1O. The van der Waals surface area contributed by atoms with E-state index in [0.29, 0.717) is 29.8 Å². The van der Waals surface area contributed by atoms with Crippen LogP contribution in [-0.4, -0.2) is 16.5 Å². The van der Waals surface area contributed by atoms with Gasteiger partial charge in [0, 0.05) is 5.56 Å². The lowest BCUT2D eigenvalue weighted by molar-refractivity contribution is 0.112. The highest BCUT2D eigenvalue weighted by Crippen LogP contribution is 2.40. The Morgan fingerprint density at radius 1 is 1.23 bits per heavy atom. The molecule has 0 bridgehead atoms. The van der Waals surface area contributed by atoms with E-state index in [1.54, 1.807) is 6.92 Å². The number of phenols is 2. The number of hydrogen-bond acceptors (Lipinski definition) is 3. The Bertz CT molecular complexity index is 572. The van der Waals surface area contributed by atoms with Gasteiger partial charge >= 0.3 is 0 Å². The summed E-state index contributed by atoms with van der Waals surface area (Å²) >= 11 is 6.04. The van der Waals surface area contributed by atoms with Gasteiger partial charge in [0.1, 0.15) is 11.5 Å². The Balaban J connectivity index is 2.84. The van der Waals surface area contributed by atoms with Crippen LogP contribution in [0.3, 0.4) is 0 Å². The first-order valence-electron chi connectivity index (χ1n) is 7.60. The van der Waals surface area contributed by atoms with E-state index in [2.05, 4.69) is 26.8 Å². The third kappa shape index (κ3) is 4.51. The third-order valence-corrected chi connectivity index (χ3v) is 4.45. The number of rotatable bonds is 7. The summed E-state index contributed by atoms with van der Waals surface area (Å²) in [5, 5.41) is 20.4. The summed E-state index contributed by atoms with van der Waals surface area (Å²) in [4.78, 5) is 11.1. The van der Waals surface area contributed by atoms with Gasteiger partial charge in [-0.1, -0.05) is 30.2 Å². The zero-order valence-electron chi connectivity index (χ0n) is 13.7. The van der Waals surface area contributed by atoms with Crippen molar-refractivity contribution < 1.29 is 15.0 Å². The minimum Gasteiger partial charge on any atom is -0.507 e. The number of carbonyl (C=O) groups excluding carboxylic acids is 1. The van der Waals surface area contributed by atoms with E-state index in [1.165, 1.54) is 5.57 Å². The second-order valence-corrected chi connectivity index (χ2v) is 6.53. The lowest BCUT2D eigenvalue weighted by Crippen LogP contribution is -2.01. The van der Waals surface area contributed by atoms with Gasteiger partial charge in [0.05, 0.1) is 10.6 Å². The highest BCUT2D eigenvalue weighted by Gasteiger charge is 2.20. The zero-order chi connectivity index (χ0) is 16.9. The van der Waals surface area contributed by atoms with Crippen LogP contribution in [0.1, 0.15) is 61.5 Å². The Morgan fingerprint density at radius 3 is 2.41 bits per heavy atom. The zero-order valence-corrected chi connectivity index (χ0v) is 14.5. The predicted octanol–water partition coefficient (Wildman–Crippen LogP) is 5.19. The highest BCUT2D eigenvalue weighted by atomic mass is 35.5. The van der Waals surface area contributed by atoms with Crippen LogP contribution in [0.2, 0.25) is 5.02 Å². The van der Waals surface area contributed by atoms with Gasteiger partial charge in [0.2, 0.25) is 0 Å². The van der Waals surface area contributed by atoms with Crippen molar-refractivity contribution in [2.24, 2.45) is 5.92 Å². The van der Waals surface area contributed by atoms with E-state index in [0.717, 1.165) is 19.3 Å². The number of aldehydes is 1. The van der Waals surface area contributed by atoms with Gasteiger partial charge in [-0.25, -0.2) is 0 Å². The molecule has 1 atom stereocenters. The fraction of sp³-hybridized carbons (Fsp3) is 0.500. The maximum absolute atomic E-state index is 11.1. The minimum absolute atomic E-state index is 0.112. The molecule has 0 fully saturated rings. The maximum Gasteiger partial charge on any atom is 0.154 e. The van der Waals surface area contributed by atoms with Gasteiger partial charge in [-0.2, -0.15) is 0 Å². The number of carbonyl (C=O) groups is 1. The lowest BCUT2D eigenvalue weighted by Gasteiger charge is -2.16. The first kappa shape index (κ1) is 18.6. The van der Waals surface area contributed by atoms with Crippen molar-refractivity contribution >= 4 is 17.9 Å². The molecule has 0 aliphatic rings. The van der Waals surface area contributed by atoms with Gasteiger partial charge < -0.3 is 10.2 Å². The van der Waals surface area contributed by atoms with Crippen molar-refractivity contribution in [3.05, 3.63) is 33.4 Å². The van der Waals surface area contributed by atoms with Crippen molar-refractivity contribution in [1.82, 2.24) is 0 Å². The number of allylic oxidation sites excluding steroid dienone is 2. The maximum atomic E-state index is 11.1. The molecule has 0 aromatic heterocycles. The average molecular weight is 325 g/mol. The summed E-state index contributed by atoms with van der Waals surface area (Å²) in [5.41, 5.74) is 2.25. The molecule has 0 heterocycles. The number of hydrogen-bond donors (Lipinski definition) is 2. The normalized spacial score (nSPS) is 12.0. The van der Waals surface area contributed by atoms with E-state index >= 15 is 0 Å². The summed E-state index contributed by atoms with van der Waals surface area (Å²) < 4.78 is 0. The van der Waals surface area contributed by atoms with Gasteiger partial charge in [-0.05, 0) is 57.9 Å². The fourth-order valence-electron chi connectivity index (χ4n) is 2.45. The number of benzene rings is 1. The van der Waals surface area contributed by atoms with Crippen LogP contribution in [0.4, 0.5) is 0 Å². The van der Waals surface area contributed by atoms with E-state index in [1.807, 2.05) is 0 Å². The molecule has 2 N–H and O–H groups in total. The molecule has 22 heavy (non-hydrogen) atoms. The molecule has 122 valence electrons. The van der Waals surface area contributed by atoms with E-state index in [9.17, 15) is 15.0 Å². The molecule has 1 aromatic rings. The van der Waals surface area contributed by atoms with E-state index in [4.69, 9.17) is 11.6 Å². The molecule has 0 radical (unpaired) electrons. The fourth-order valence-corrected chi connectivity index (χ4v) is 2.67. The summed E-state index contributed by atoms with van der Waals surface area (Å²) in [6.45, 7) is 7.91. The molecule has 0 spiro atoms. The van der Waals surface area contributed by atoms with Gasteiger partial charge in [0.15, 0.2) is 6.29 Å². The topological polar surface area (TPSA) is 57.5 Å². The molecular weight excluding hydrogens is 300 g/mol. The Labute approximate surface area is 137 Å². The summed E-state index contributed by atoms with van der Waals surface area (Å²) in [6.07, 6.45) is 6.17. The minimum atomic E-state index is -0.147. The molecule has 0 saturated heterocycles. The van der Waals surface area contributed by atoms with Crippen molar-refractivity contribution in [2.75, 3.05) is 0 Å². The average Bonchev–Trinajstić information content (AvgIpc) is 2.45. The number of phenolic OH excluding ortho intramolecular Hbond substituents is 2. The van der Waals surface area contributed by atoms with Crippen LogP contribution in [0, 0.1) is 12.8 Å². The van der Waals surface area contributed by atoms with E-state index in [-0.39, 0.29) is 22.1 Å². The summed E-state index contributed by atoms with van der Waals surface area (Å²) in [7, 11) is 0. The highest BCUT2D eigenvalue weighted by molar-refractivity contribution is 6.33. The largest absolute Gasteiger partial charge is 0.507 e. The molecule has 0 saturated carbocycles. The molecule has 1 rings (SSSR count). The van der Waals surface area contributed by atoms with Crippen molar-refractivity contribution in [3.63, 3.8) is 0 Å². The second-order valence-electron chi connectivity index (χ2n) is 6.15. The van der Waals surface area contributed by atoms with Crippen molar-refractivity contribution in [1.29, 1.82) is 0 Å². The molecule has 1 unspecified atom stereocenters. The molecule has 1 aromatic carbocycles. The van der Waals surface area contributed by atoms with Crippen LogP contribution in [0.25, 0.3) is 0 Å². The molecule has 0 aliphatic carbocycles. The first-order valence-corrected chi connectivity index (χ1v) is 7.98. The molecule has 3 nitrogen and oxygen atoms in total. The Morgan fingerprint density at radius 2 is 1.86 bits per heavy atom. The Kier molecular flexibility index (Phi) is 6.95. The van der Waals surface area contributed by atoms with Crippen LogP contribution in [-0.2, 0) is 6.42 Å². The molecule has 0 aliphatic heterocycles. The quantitative estimate of drug-likeness (QED) is 0.536. The summed E-state index contributed by atoms with van der Waals surface area (Å²) in [5.74, 6) is 0.193. The molecule has 0 amide bonds. The third-order valence-electron chi connectivity index (χ3n) is 3.99. The Hall–Kier alpha value is -1.48. The van der Waals surface area contributed by atoms with E-state index < -0.39 is 0 Å². The smallest absolute Gasteiger partial charge is 0.154 e. The van der Waals surface area contributed by atoms with Gasteiger partial charge in [-0.3, -0.25) is 4.79 Å². The number of aromatic hydroxyl groups is 2. The standard InChI is InChI=1S/C18H25ClO3/c1-11(2)6-5-7-12(3)8-9-14-17(21)15(10-20)13(4)16(19)18(14)22/h6,10,12,21-22H,5,7-9H2,1-4H3. The predicted molar refractivity (Wildman–Crippen MR) is 91.1 cm³/mol. The van der Waals surface area contributed by atoms with Crippen molar-refractivity contribution in [2.45, 2.75) is 53.4 Å². The number of halogens is 1. The van der Waals surface area contributed by atoms with Gasteiger partial charge in [-0.15, -0.1) is 0 Å². The molecule has 4 heteroatoms. The second kappa shape index (κ2) is 8.23. The van der Waals surface area contributed by atoms with Crippen molar-refractivity contribution in [3.8, 4) is 11.5 Å².